The molecule has 16 heavy (non-hydrogen) atoms. The molecule has 0 unspecified atom stereocenters. The van der Waals surface area contributed by atoms with Crippen LogP contribution in [0.1, 0.15) is 24.8 Å². The molecule has 0 spiro atoms. The first-order valence-corrected chi connectivity index (χ1v) is 6.75. The summed E-state index contributed by atoms with van der Waals surface area (Å²) in [7, 11) is 0. The van der Waals surface area contributed by atoms with Gasteiger partial charge in [-0.25, -0.2) is 0 Å². The third kappa shape index (κ3) is 3.92. The number of terminal acetylenes is 1. The summed E-state index contributed by atoms with van der Waals surface area (Å²) < 4.78 is 0. The number of hydrogen-bond donors (Lipinski definition) is 1. The minimum atomic E-state index is 0.776. The fourth-order valence-corrected chi connectivity index (χ4v) is 2.39. The molecule has 0 radical (unpaired) electrons. The highest BCUT2D eigenvalue weighted by Crippen LogP contribution is 2.22. The van der Waals surface area contributed by atoms with Crippen LogP contribution in [0.4, 0.5) is 0 Å². The number of nitrogens with one attached hydrogen (secondary N) is 1. The normalized spacial score (nSPS) is 14.7. The highest BCUT2D eigenvalue weighted by Gasteiger charge is 2.19. The first kappa shape index (κ1) is 11.6. The van der Waals surface area contributed by atoms with Crippen molar-refractivity contribution in [2.24, 2.45) is 0 Å². The lowest BCUT2D eigenvalue weighted by Crippen LogP contribution is -2.15. The van der Waals surface area contributed by atoms with E-state index in [2.05, 4.69) is 35.5 Å². The summed E-state index contributed by atoms with van der Waals surface area (Å²) in [6, 6.07) is 9.50. The molecular formula is C14H17NS. The van der Waals surface area contributed by atoms with Crippen LogP contribution in [0.2, 0.25) is 0 Å². The van der Waals surface area contributed by atoms with Crippen LogP contribution in [0.25, 0.3) is 0 Å². The van der Waals surface area contributed by atoms with Gasteiger partial charge in [-0.05, 0) is 30.5 Å². The van der Waals surface area contributed by atoms with Gasteiger partial charge in [0.05, 0.1) is 0 Å². The van der Waals surface area contributed by atoms with E-state index in [1.165, 1.54) is 23.3 Å². The van der Waals surface area contributed by atoms with E-state index in [0.29, 0.717) is 0 Å². The molecule has 84 valence electrons. The Hall–Kier alpha value is -0.910. The van der Waals surface area contributed by atoms with Gasteiger partial charge in [-0.1, -0.05) is 12.1 Å². The van der Waals surface area contributed by atoms with Crippen molar-refractivity contribution in [3.8, 4) is 12.3 Å². The third-order valence-electron chi connectivity index (χ3n) is 2.59. The molecule has 2 heteroatoms. The fourth-order valence-electron chi connectivity index (χ4n) is 1.52. The van der Waals surface area contributed by atoms with Gasteiger partial charge in [0.1, 0.15) is 0 Å². The predicted molar refractivity (Wildman–Crippen MR) is 70.5 cm³/mol. The smallest absolute Gasteiger partial charge is 0.0208 e. The van der Waals surface area contributed by atoms with Crippen LogP contribution in [-0.4, -0.2) is 11.8 Å². The zero-order valence-corrected chi connectivity index (χ0v) is 10.2. The van der Waals surface area contributed by atoms with Crippen molar-refractivity contribution in [1.29, 1.82) is 0 Å². The van der Waals surface area contributed by atoms with Crippen molar-refractivity contribution < 1.29 is 0 Å². The van der Waals surface area contributed by atoms with E-state index < -0.39 is 0 Å². The van der Waals surface area contributed by atoms with Gasteiger partial charge in [0.2, 0.25) is 0 Å². The number of hydrogen-bond acceptors (Lipinski definition) is 2. The molecule has 0 atom stereocenters. The topological polar surface area (TPSA) is 12.0 Å². The van der Waals surface area contributed by atoms with Crippen molar-refractivity contribution >= 4 is 11.8 Å². The Labute approximate surface area is 102 Å². The zero-order chi connectivity index (χ0) is 11.2. The molecule has 0 aromatic heterocycles. The second kappa shape index (κ2) is 5.98. The fraction of sp³-hybridized carbons (Fsp3) is 0.429. The summed E-state index contributed by atoms with van der Waals surface area (Å²) in [4.78, 5) is 1.32. The Morgan fingerprint density at radius 1 is 1.44 bits per heavy atom. The van der Waals surface area contributed by atoms with Gasteiger partial charge >= 0.3 is 0 Å². The third-order valence-corrected chi connectivity index (χ3v) is 3.58. The zero-order valence-electron chi connectivity index (χ0n) is 9.41. The van der Waals surface area contributed by atoms with Crippen LogP contribution >= 0.6 is 11.8 Å². The molecule has 1 nitrogen and oxygen atoms in total. The maximum absolute atomic E-state index is 5.24. The minimum absolute atomic E-state index is 0.776. The molecule has 1 aliphatic carbocycles. The standard InChI is InChI=1S/C14H17NS/c1-2-3-9-16-14-6-4-5-12(10-14)11-15-13-7-8-13/h1,4-6,10,13,15H,3,7-9,11H2. The first-order chi connectivity index (χ1) is 7.88. The van der Waals surface area contributed by atoms with Crippen molar-refractivity contribution in [3.63, 3.8) is 0 Å². The molecule has 1 saturated carbocycles. The van der Waals surface area contributed by atoms with E-state index in [1.807, 2.05) is 11.8 Å². The summed E-state index contributed by atoms with van der Waals surface area (Å²) in [5.74, 6) is 3.68. The molecule has 2 rings (SSSR count). The van der Waals surface area contributed by atoms with Gasteiger partial charge in [-0.15, -0.1) is 24.1 Å². The van der Waals surface area contributed by atoms with Gasteiger partial charge in [-0.2, -0.15) is 0 Å². The SMILES string of the molecule is C#CCCSc1cccc(CNC2CC2)c1. The summed E-state index contributed by atoms with van der Waals surface area (Å²) in [6.45, 7) is 0.994. The molecule has 0 aliphatic heterocycles. The van der Waals surface area contributed by atoms with Crippen LogP contribution in [0, 0.1) is 12.3 Å². The molecule has 1 aromatic rings. The van der Waals surface area contributed by atoms with E-state index in [1.54, 1.807) is 0 Å². The van der Waals surface area contributed by atoms with E-state index >= 15 is 0 Å². The average molecular weight is 231 g/mol. The maximum Gasteiger partial charge on any atom is 0.0208 e. The lowest BCUT2D eigenvalue weighted by molar-refractivity contribution is 0.687. The monoisotopic (exact) mass is 231 g/mol. The highest BCUT2D eigenvalue weighted by molar-refractivity contribution is 7.99. The molecular weight excluding hydrogens is 214 g/mol. The average Bonchev–Trinajstić information content (AvgIpc) is 3.11. The Morgan fingerprint density at radius 3 is 3.06 bits per heavy atom. The van der Waals surface area contributed by atoms with Crippen LogP contribution in [0.3, 0.4) is 0 Å². The largest absolute Gasteiger partial charge is 0.310 e. The Balaban J connectivity index is 1.82. The highest BCUT2D eigenvalue weighted by atomic mass is 32.2. The van der Waals surface area contributed by atoms with E-state index in [-0.39, 0.29) is 0 Å². The second-order valence-electron chi connectivity index (χ2n) is 4.11. The van der Waals surface area contributed by atoms with Crippen molar-refractivity contribution in [1.82, 2.24) is 5.32 Å². The minimum Gasteiger partial charge on any atom is -0.310 e. The summed E-state index contributed by atoms with van der Waals surface area (Å²) in [5, 5.41) is 3.53. The molecule has 0 heterocycles. The van der Waals surface area contributed by atoms with Crippen LogP contribution in [0.15, 0.2) is 29.2 Å². The van der Waals surface area contributed by atoms with Gasteiger partial charge in [0.15, 0.2) is 0 Å². The molecule has 0 bridgehead atoms. The van der Waals surface area contributed by atoms with Crippen LogP contribution in [0.5, 0.6) is 0 Å². The van der Waals surface area contributed by atoms with Crippen molar-refractivity contribution in [3.05, 3.63) is 29.8 Å². The number of rotatable bonds is 6. The Bertz CT molecular complexity index is 377. The lowest BCUT2D eigenvalue weighted by Gasteiger charge is -2.05. The second-order valence-corrected chi connectivity index (χ2v) is 5.27. The van der Waals surface area contributed by atoms with Gasteiger partial charge in [0.25, 0.3) is 0 Å². The molecule has 1 fully saturated rings. The number of thioether (sulfide) groups is 1. The lowest BCUT2D eigenvalue weighted by atomic mass is 10.2. The van der Waals surface area contributed by atoms with Crippen molar-refractivity contribution in [2.75, 3.05) is 5.75 Å². The van der Waals surface area contributed by atoms with E-state index in [4.69, 9.17) is 6.42 Å². The molecule has 1 N–H and O–H groups in total. The van der Waals surface area contributed by atoms with Crippen molar-refractivity contribution in [2.45, 2.75) is 36.7 Å². The van der Waals surface area contributed by atoms with Crippen LogP contribution < -0.4 is 5.32 Å². The first-order valence-electron chi connectivity index (χ1n) is 5.77. The number of benzene rings is 1. The van der Waals surface area contributed by atoms with Gasteiger partial charge < -0.3 is 5.32 Å². The van der Waals surface area contributed by atoms with E-state index in [9.17, 15) is 0 Å². The quantitative estimate of drug-likeness (QED) is 0.459. The van der Waals surface area contributed by atoms with E-state index in [0.717, 1.165) is 24.8 Å². The summed E-state index contributed by atoms with van der Waals surface area (Å²) in [5.41, 5.74) is 1.37. The summed E-state index contributed by atoms with van der Waals surface area (Å²) in [6.07, 6.45) is 8.77. The molecule has 1 aliphatic rings. The maximum atomic E-state index is 5.24. The predicted octanol–water partition coefficient (Wildman–Crippen LogP) is 3.05. The Kier molecular flexibility index (Phi) is 4.33. The van der Waals surface area contributed by atoms with Gasteiger partial charge in [-0.3, -0.25) is 0 Å². The molecule has 0 amide bonds. The molecule has 0 saturated heterocycles. The summed E-state index contributed by atoms with van der Waals surface area (Å²) >= 11 is 1.84. The van der Waals surface area contributed by atoms with Crippen LogP contribution in [-0.2, 0) is 6.54 Å². The van der Waals surface area contributed by atoms with Gasteiger partial charge in [0, 0.05) is 29.7 Å². The Morgan fingerprint density at radius 2 is 2.31 bits per heavy atom. The molecule has 1 aromatic carbocycles.